The number of fused-ring (bicyclic) bond motifs is 1. The molecule has 5 rings (SSSR count). The Labute approximate surface area is 241 Å². The Morgan fingerprint density at radius 1 is 0.744 bits per heavy atom. The van der Waals surface area contributed by atoms with Gasteiger partial charge in [0.25, 0.3) is 0 Å². The molecular weight excluding hydrogens is 580 g/mol. The summed E-state index contributed by atoms with van der Waals surface area (Å²) in [5.41, 5.74) is -1.35. The molecule has 16 heteroatoms. The molecule has 3 heterocycles. The fourth-order valence-corrected chi connectivity index (χ4v) is 4.84. The van der Waals surface area contributed by atoms with Gasteiger partial charge in [-0.2, -0.15) is 0 Å². The molecule has 0 bridgehead atoms. The summed E-state index contributed by atoms with van der Waals surface area (Å²) in [4.78, 5) is 13.6. The van der Waals surface area contributed by atoms with E-state index in [0.29, 0.717) is 0 Å². The van der Waals surface area contributed by atoms with Gasteiger partial charge >= 0.3 is 0 Å². The molecule has 0 saturated carbocycles. The van der Waals surface area contributed by atoms with Gasteiger partial charge in [0, 0.05) is 17.7 Å². The lowest BCUT2D eigenvalue weighted by Gasteiger charge is -2.42. The number of rotatable bonds is 6. The van der Waals surface area contributed by atoms with Gasteiger partial charge < -0.3 is 74.4 Å². The fourth-order valence-electron chi connectivity index (χ4n) is 4.84. The lowest BCUT2D eigenvalue weighted by atomic mass is 9.98. The molecule has 2 aliphatic rings. The van der Waals surface area contributed by atoms with Gasteiger partial charge in [0.15, 0.2) is 23.5 Å². The number of ether oxygens (including phenoxy) is 4. The molecule has 234 valence electrons. The largest absolute Gasteiger partial charge is 0.508 e. The summed E-state index contributed by atoms with van der Waals surface area (Å²) < 4.78 is 27.8. The van der Waals surface area contributed by atoms with Crippen LogP contribution in [0.2, 0.25) is 0 Å². The zero-order chi connectivity index (χ0) is 31.3. The predicted molar refractivity (Wildman–Crippen MR) is 140 cm³/mol. The van der Waals surface area contributed by atoms with Crippen molar-refractivity contribution in [3.8, 4) is 40.1 Å². The van der Waals surface area contributed by atoms with Crippen LogP contribution in [-0.4, -0.2) is 119 Å². The van der Waals surface area contributed by atoms with Gasteiger partial charge in [-0.25, -0.2) is 0 Å². The number of aliphatic hydroxyl groups excluding tert-OH is 6. The average molecular weight is 611 g/mol. The molecular formula is C27H30O16. The Morgan fingerprint density at radius 3 is 2.12 bits per heavy atom. The van der Waals surface area contributed by atoms with Crippen LogP contribution in [0.4, 0.5) is 0 Å². The van der Waals surface area contributed by atoms with Gasteiger partial charge in [-0.15, -0.1) is 0 Å². The third-order valence-electron chi connectivity index (χ3n) is 7.29. The molecule has 0 spiro atoms. The zero-order valence-corrected chi connectivity index (χ0v) is 22.3. The summed E-state index contributed by atoms with van der Waals surface area (Å²) in [5.74, 6) is -3.33. The molecule has 2 aliphatic heterocycles. The molecule has 0 amide bonds. The van der Waals surface area contributed by atoms with Crippen LogP contribution in [0, 0.1) is 0 Å². The first kappa shape index (κ1) is 30.7. The van der Waals surface area contributed by atoms with Crippen molar-refractivity contribution < 1.29 is 74.4 Å². The second kappa shape index (κ2) is 11.8. The molecule has 2 saturated heterocycles. The lowest BCUT2D eigenvalue weighted by Crippen LogP contribution is -2.61. The third-order valence-corrected chi connectivity index (χ3v) is 7.29. The van der Waals surface area contributed by atoms with Crippen LogP contribution in [0.25, 0.3) is 22.3 Å². The minimum absolute atomic E-state index is 0.0313. The number of hydrogen-bond donors (Lipinski definition) is 10. The van der Waals surface area contributed by atoms with Crippen LogP contribution in [0.3, 0.4) is 0 Å². The molecule has 2 fully saturated rings. The van der Waals surface area contributed by atoms with Crippen molar-refractivity contribution >= 4 is 11.0 Å². The highest BCUT2D eigenvalue weighted by atomic mass is 16.7. The first-order valence-electron chi connectivity index (χ1n) is 13.0. The molecule has 0 aliphatic carbocycles. The molecule has 3 aromatic rings. The van der Waals surface area contributed by atoms with Crippen molar-refractivity contribution in [3.63, 3.8) is 0 Å². The van der Waals surface area contributed by atoms with E-state index in [0.717, 1.165) is 24.3 Å². The van der Waals surface area contributed by atoms with E-state index < -0.39 is 113 Å². The van der Waals surface area contributed by atoms with Crippen molar-refractivity contribution in [2.45, 2.75) is 68.3 Å². The number of aromatic hydroxyl groups is 4. The van der Waals surface area contributed by atoms with E-state index in [9.17, 15) is 55.9 Å². The summed E-state index contributed by atoms with van der Waals surface area (Å²) in [5, 5.41) is 101. The van der Waals surface area contributed by atoms with Crippen LogP contribution in [0.5, 0.6) is 28.7 Å². The summed E-state index contributed by atoms with van der Waals surface area (Å²) >= 11 is 0. The predicted octanol–water partition coefficient (Wildman–Crippen LogP) is -1.69. The second-order valence-corrected chi connectivity index (χ2v) is 10.3. The Morgan fingerprint density at radius 2 is 1.42 bits per heavy atom. The van der Waals surface area contributed by atoms with Gasteiger partial charge in [-0.05, 0) is 25.1 Å². The van der Waals surface area contributed by atoms with Gasteiger partial charge in [0.05, 0.1) is 12.7 Å². The first-order chi connectivity index (χ1) is 20.3. The number of phenolic OH excluding ortho intramolecular Hbond substituents is 4. The van der Waals surface area contributed by atoms with E-state index in [1.165, 1.54) is 13.0 Å². The van der Waals surface area contributed by atoms with Gasteiger partial charge in [0.2, 0.25) is 17.5 Å². The highest BCUT2D eigenvalue weighted by molar-refractivity contribution is 5.88. The monoisotopic (exact) mass is 610 g/mol. The second-order valence-electron chi connectivity index (χ2n) is 10.3. The van der Waals surface area contributed by atoms with Crippen LogP contribution in [0.15, 0.2) is 39.5 Å². The minimum Gasteiger partial charge on any atom is -0.508 e. The van der Waals surface area contributed by atoms with E-state index in [2.05, 4.69) is 0 Å². The van der Waals surface area contributed by atoms with E-state index in [-0.39, 0.29) is 11.1 Å². The summed E-state index contributed by atoms with van der Waals surface area (Å²) in [6.07, 6.45) is -16.2. The normalized spacial score (nSPS) is 33.0. The van der Waals surface area contributed by atoms with Crippen molar-refractivity contribution in [2.75, 3.05) is 6.61 Å². The highest BCUT2D eigenvalue weighted by Crippen LogP contribution is 2.39. The van der Waals surface area contributed by atoms with Crippen molar-refractivity contribution in [3.05, 3.63) is 40.6 Å². The molecule has 10 N–H and O–H groups in total. The molecule has 0 unspecified atom stereocenters. The maximum atomic E-state index is 13.6. The zero-order valence-electron chi connectivity index (χ0n) is 22.3. The van der Waals surface area contributed by atoms with Crippen LogP contribution in [-0.2, 0) is 14.2 Å². The highest BCUT2D eigenvalue weighted by Gasteiger charge is 2.47. The minimum atomic E-state index is -1.97. The van der Waals surface area contributed by atoms with E-state index >= 15 is 0 Å². The van der Waals surface area contributed by atoms with Crippen LogP contribution in [0.1, 0.15) is 6.92 Å². The molecule has 43 heavy (non-hydrogen) atoms. The maximum absolute atomic E-state index is 13.6. The van der Waals surface area contributed by atoms with Crippen LogP contribution >= 0.6 is 0 Å². The molecule has 2 aromatic carbocycles. The van der Waals surface area contributed by atoms with Gasteiger partial charge in [0.1, 0.15) is 65.2 Å². The summed E-state index contributed by atoms with van der Waals surface area (Å²) in [6.45, 7) is 0.818. The quantitative estimate of drug-likeness (QED) is 0.140. The van der Waals surface area contributed by atoms with Crippen LogP contribution < -0.4 is 10.2 Å². The van der Waals surface area contributed by atoms with E-state index in [4.69, 9.17) is 23.4 Å². The number of aliphatic hydroxyl groups is 6. The number of phenols is 4. The Kier molecular flexibility index (Phi) is 8.41. The first-order valence-corrected chi connectivity index (χ1v) is 13.0. The summed E-state index contributed by atoms with van der Waals surface area (Å²) in [7, 11) is 0. The smallest absolute Gasteiger partial charge is 0.239 e. The lowest BCUT2D eigenvalue weighted by molar-refractivity contribution is -0.318. The van der Waals surface area contributed by atoms with Crippen molar-refractivity contribution in [1.29, 1.82) is 0 Å². The fraction of sp³-hybridized carbons (Fsp3) is 0.444. The maximum Gasteiger partial charge on any atom is 0.239 e. The SMILES string of the molecule is C[C@@H]1O[C@H](OC[C@@H]2O[C@H](Oc3c(-c4ccc(O)c(O)c4)oc4cc(O)cc(O)c4c3=O)[C@@H](O)[C@H](O)[C@H]2O)[C@@H](O)[C@@H](O)[C@@H]1O. The number of benzene rings is 2. The summed E-state index contributed by atoms with van der Waals surface area (Å²) in [6, 6.07) is 5.24. The topological polar surface area (TPSA) is 269 Å². The molecule has 16 nitrogen and oxygen atoms in total. The van der Waals surface area contributed by atoms with Gasteiger partial charge in [-0.3, -0.25) is 4.79 Å². The Bertz CT molecular complexity index is 1540. The molecule has 0 radical (unpaired) electrons. The van der Waals surface area contributed by atoms with Crippen molar-refractivity contribution in [1.82, 2.24) is 0 Å². The standard InChI is InChI=1S/C27H30O16/c1-8-17(32)20(35)22(37)26(40-8)39-7-15-18(33)21(36)23(38)27(42-15)43-25-19(34)16-13(31)5-10(28)6-14(16)41-24(25)9-2-3-11(29)12(30)4-9/h2-6,8,15,17-18,20-23,26-33,35-38H,7H2,1H3/t8-,15-,17+,18-,20-,21+,22-,23-,26-,27+/m0/s1. The van der Waals surface area contributed by atoms with Crippen molar-refractivity contribution in [2.24, 2.45) is 0 Å². The van der Waals surface area contributed by atoms with E-state index in [1.54, 1.807) is 0 Å². The molecule has 10 atom stereocenters. The molecule has 1 aromatic heterocycles. The Hall–Kier alpha value is -3.71. The van der Waals surface area contributed by atoms with Gasteiger partial charge in [-0.1, -0.05) is 0 Å². The number of hydrogen-bond acceptors (Lipinski definition) is 16. The third kappa shape index (κ3) is 5.67. The van der Waals surface area contributed by atoms with E-state index in [1.807, 2.05) is 0 Å². The Balaban J connectivity index is 1.48. The average Bonchev–Trinajstić information content (AvgIpc) is 2.96.